The van der Waals surface area contributed by atoms with Crippen molar-refractivity contribution in [1.29, 1.82) is 0 Å². The van der Waals surface area contributed by atoms with Gasteiger partial charge in [0.15, 0.2) is 0 Å². The zero-order chi connectivity index (χ0) is 16.9. The lowest BCUT2D eigenvalue weighted by Gasteiger charge is -2.35. The third-order valence-corrected chi connectivity index (χ3v) is 5.13. The first-order valence-electron chi connectivity index (χ1n) is 9.05. The van der Waals surface area contributed by atoms with E-state index in [1.165, 1.54) is 17.5 Å². The van der Waals surface area contributed by atoms with Gasteiger partial charge in [-0.3, -0.25) is 4.90 Å². The molecule has 0 amide bonds. The molecule has 0 bridgehead atoms. The monoisotopic (exact) mass is 404 g/mol. The minimum absolute atomic E-state index is 0. The van der Waals surface area contributed by atoms with Crippen molar-refractivity contribution in [3.63, 3.8) is 0 Å². The second-order valence-electron chi connectivity index (χ2n) is 6.84. The number of halogens is 1. The summed E-state index contributed by atoms with van der Waals surface area (Å²) < 4.78 is 0. The summed E-state index contributed by atoms with van der Waals surface area (Å²) in [5.74, 6) is 0.467. The number of phenols is 1. The number of fused-ring (bicyclic) bond motifs is 1. The molecule has 0 fully saturated rings. The molecule has 3 nitrogen and oxygen atoms in total. The molecular weight excluding hydrogens is 376 g/mol. The van der Waals surface area contributed by atoms with E-state index in [0.717, 1.165) is 50.0 Å². The highest BCUT2D eigenvalue weighted by Gasteiger charge is 2.25. The Kier molecular flexibility index (Phi) is 7.33. The van der Waals surface area contributed by atoms with E-state index in [1.807, 2.05) is 24.3 Å². The van der Waals surface area contributed by atoms with Crippen molar-refractivity contribution in [2.75, 3.05) is 18.8 Å². The molecule has 0 spiro atoms. The fourth-order valence-electron chi connectivity index (χ4n) is 3.80. The standard InChI is InChI=1S/C21H28N2O.BrH/c1-2-13-23(14-12-16-6-8-18(22)9-7-16)19-10-11-20-17(15-19)4-3-5-21(20)24;/h3-9,19,24H,2,10-15,22H2,1H3;1H. The minimum atomic E-state index is 0. The van der Waals surface area contributed by atoms with Gasteiger partial charge in [0.1, 0.15) is 5.75 Å². The molecule has 0 aromatic heterocycles. The summed E-state index contributed by atoms with van der Waals surface area (Å²) in [6.07, 6.45) is 5.39. The molecule has 0 saturated heterocycles. The summed E-state index contributed by atoms with van der Waals surface area (Å²) in [7, 11) is 0. The highest BCUT2D eigenvalue weighted by molar-refractivity contribution is 8.93. The van der Waals surface area contributed by atoms with Crippen LogP contribution in [-0.2, 0) is 19.3 Å². The van der Waals surface area contributed by atoms with Gasteiger partial charge in [-0.2, -0.15) is 0 Å². The van der Waals surface area contributed by atoms with Crippen LogP contribution in [0.4, 0.5) is 5.69 Å². The van der Waals surface area contributed by atoms with Gasteiger partial charge in [0.25, 0.3) is 0 Å². The Hall–Kier alpha value is -1.52. The number of rotatable bonds is 6. The molecule has 2 aromatic carbocycles. The Morgan fingerprint density at radius 2 is 1.88 bits per heavy atom. The third-order valence-electron chi connectivity index (χ3n) is 5.13. The first-order chi connectivity index (χ1) is 11.7. The summed E-state index contributed by atoms with van der Waals surface area (Å²) in [6, 6.07) is 14.8. The molecule has 136 valence electrons. The van der Waals surface area contributed by atoms with Crippen LogP contribution in [0.1, 0.15) is 36.5 Å². The lowest BCUT2D eigenvalue weighted by atomic mass is 9.86. The predicted octanol–water partition coefficient (Wildman–Crippen LogP) is 4.36. The van der Waals surface area contributed by atoms with Crippen LogP contribution in [0.5, 0.6) is 5.75 Å². The van der Waals surface area contributed by atoms with Crippen LogP contribution in [0.15, 0.2) is 42.5 Å². The number of nitrogens with zero attached hydrogens (tertiary/aromatic N) is 1. The molecule has 1 aliphatic rings. The van der Waals surface area contributed by atoms with Gasteiger partial charge in [-0.05, 0) is 73.5 Å². The van der Waals surface area contributed by atoms with Gasteiger partial charge in [0.2, 0.25) is 0 Å². The maximum absolute atomic E-state index is 10.0. The molecule has 3 rings (SSSR count). The average Bonchev–Trinajstić information content (AvgIpc) is 2.60. The molecule has 3 N–H and O–H groups in total. The highest BCUT2D eigenvalue weighted by Crippen LogP contribution is 2.30. The normalized spacial score (nSPS) is 16.3. The molecule has 4 heteroatoms. The van der Waals surface area contributed by atoms with Crippen molar-refractivity contribution in [3.05, 3.63) is 59.2 Å². The molecule has 25 heavy (non-hydrogen) atoms. The van der Waals surface area contributed by atoms with Gasteiger partial charge in [-0.25, -0.2) is 0 Å². The Labute approximate surface area is 161 Å². The zero-order valence-electron chi connectivity index (χ0n) is 14.9. The van der Waals surface area contributed by atoms with E-state index in [4.69, 9.17) is 5.73 Å². The van der Waals surface area contributed by atoms with E-state index < -0.39 is 0 Å². The summed E-state index contributed by atoms with van der Waals surface area (Å²) in [5, 5.41) is 10.0. The number of nitrogen functional groups attached to an aromatic ring is 1. The molecule has 1 unspecified atom stereocenters. The maximum atomic E-state index is 10.0. The number of anilines is 1. The van der Waals surface area contributed by atoms with Crippen molar-refractivity contribution in [1.82, 2.24) is 4.90 Å². The number of benzene rings is 2. The SMILES string of the molecule is Br.CCCN(CCc1ccc(N)cc1)C1CCc2c(O)cccc2C1. The molecule has 0 aliphatic heterocycles. The molecule has 2 aromatic rings. The van der Waals surface area contributed by atoms with E-state index >= 15 is 0 Å². The Balaban J connectivity index is 0.00000225. The van der Waals surface area contributed by atoms with E-state index in [1.54, 1.807) is 0 Å². The van der Waals surface area contributed by atoms with Crippen molar-refractivity contribution >= 4 is 22.7 Å². The quantitative estimate of drug-likeness (QED) is 0.702. The van der Waals surface area contributed by atoms with Gasteiger partial charge in [-0.15, -0.1) is 17.0 Å². The topological polar surface area (TPSA) is 49.5 Å². The summed E-state index contributed by atoms with van der Waals surface area (Å²) in [5.41, 5.74) is 10.4. The van der Waals surface area contributed by atoms with Crippen LogP contribution < -0.4 is 5.73 Å². The van der Waals surface area contributed by atoms with Crippen LogP contribution in [0, 0.1) is 0 Å². The summed E-state index contributed by atoms with van der Waals surface area (Å²) in [6.45, 7) is 4.46. The fourth-order valence-corrected chi connectivity index (χ4v) is 3.80. The van der Waals surface area contributed by atoms with E-state index in [0.29, 0.717) is 11.8 Å². The van der Waals surface area contributed by atoms with Gasteiger partial charge in [-0.1, -0.05) is 31.2 Å². The third kappa shape index (κ3) is 4.99. The minimum Gasteiger partial charge on any atom is -0.508 e. The first kappa shape index (κ1) is 19.8. The molecule has 0 saturated carbocycles. The molecule has 1 aliphatic carbocycles. The Bertz CT molecular complexity index is 672. The van der Waals surface area contributed by atoms with Crippen LogP contribution in [-0.4, -0.2) is 29.1 Å². The predicted molar refractivity (Wildman–Crippen MR) is 111 cm³/mol. The van der Waals surface area contributed by atoms with E-state index in [-0.39, 0.29) is 17.0 Å². The molecular formula is C21H29BrN2O. The summed E-state index contributed by atoms with van der Waals surface area (Å²) in [4.78, 5) is 2.63. The smallest absolute Gasteiger partial charge is 0.119 e. The number of phenolic OH excluding ortho intramolecular Hbond substituents is 1. The second-order valence-corrected chi connectivity index (χ2v) is 6.84. The molecule has 0 radical (unpaired) electrons. The fraction of sp³-hybridized carbons (Fsp3) is 0.429. The van der Waals surface area contributed by atoms with Crippen molar-refractivity contribution in [2.24, 2.45) is 0 Å². The summed E-state index contributed by atoms with van der Waals surface area (Å²) >= 11 is 0. The lowest BCUT2D eigenvalue weighted by molar-refractivity contribution is 0.181. The average molecular weight is 405 g/mol. The number of aromatic hydroxyl groups is 1. The molecule has 0 heterocycles. The molecule has 1 atom stereocenters. The van der Waals surface area contributed by atoms with Crippen LogP contribution >= 0.6 is 17.0 Å². The van der Waals surface area contributed by atoms with Crippen molar-refractivity contribution in [3.8, 4) is 5.75 Å². The zero-order valence-corrected chi connectivity index (χ0v) is 16.7. The van der Waals surface area contributed by atoms with Crippen LogP contribution in [0.25, 0.3) is 0 Å². The van der Waals surface area contributed by atoms with E-state index in [2.05, 4.69) is 30.0 Å². The number of hydrogen-bond donors (Lipinski definition) is 2. The van der Waals surface area contributed by atoms with Crippen LogP contribution in [0.2, 0.25) is 0 Å². The lowest BCUT2D eigenvalue weighted by Crippen LogP contribution is -2.41. The van der Waals surface area contributed by atoms with Gasteiger partial charge < -0.3 is 10.8 Å². The van der Waals surface area contributed by atoms with Gasteiger partial charge in [0, 0.05) is 18.3 Å². The first-order valence-corrected chi connectivity index (χ1v) is 9.05. The number of hydrogen-bond acceptors (Lipinski definition) is 3. The Morgan fingerprint density at radius 3 is 2.60 bits per heavy atom. The second kappa shape index (κ2) is 9.25. The maximum Gasteiger partial charge on any atom is 0.119 e. The van der Waals surface area contributed by atoms with Crippen molar-refractivity contribution in [2.45, 2.75) is 45.1 Å². The van der Waals surface area contributed by atoms with Crippen LogP contribution in [0.3, 0.4) is 0 Å². The number of nitrogens with two attached hydrogens (primary N) is 1. The van der Waals surface area contributed by atoms with Crippen molar-refractivity contribution < 1.29 is 5.11 Å². The van der Waals surface area contributed by atoms with Gasteiger partial charge in [0.05, 0.1) is 0 Å². The highest BCUT2D eigenvalue weighted by atomic mass is 79.9. The largest absolute Gasteiger partial charge is 0.508 e. The van der Waals surface area contributed by atoms with Gasteiger partial charge >= 0.3 is 0 Å². The van der Waals surface area contributed by atoms with E-state index in [9.17, 15) is 5.11 Å². The Morgan fingerprint density at radius 1 is 1.12 bits per heavy atom.